The minimum Gasteiger partial charge on any atom is -0.368 e. The van der Waals surface area contributed by atoms with Gasteiger partial charge in [-0.05, 0) is 96.7 Å². The number of rotatable bonds is 44. The number of primary amides is 1. The Morgan fingerprint density at radius 1 is 0.390 bits per heavy atom. The van der Waals surface area contributed by atoms with E-state index in [1.165, 1.54) is 64.2 Å². The second-order valence-corrected chi connectivity index (χ2v) is 16.8. The molecule has 3 atom stereocenters. The van der Waals surface area contributed by atoms with Crippen molar-refractivity contribution in [3.05, 3.63) is 0 Å². The van der Waals surface area contributed by atoms with E-state index in [1.54, 1.807) is 0 Å². The van der Waals surface area contributed by atoms with Gasteiger partial charge in [-0.2, -0.15) is 0 Å². The highest BCUT2D eigenvalue weighted by Gasteiger charge is 2.26. The molecule has 346 valence electrons. The van der Waals surface area contributed by atoms with Crippen molar-refractivity contribution in [3.8, 4) is 0 Å². The lowest BCUT2D eigenvalue weighted by molar-refractivity contribution is -0.132. The molecule has 13 heteroatoms. The van der Waals surface area contributed by atoms with Crippen LogP contribution in [0.4, 0.5) is 0 Å². The maximum atomic E-state index is 13.5. The molecule has 0 aliphatic carbocycles. The summed E-state index contributed by atoms with van der Waals surface area (Å²) in [5, 5.41) is 11.7. The highest BCUT2D eigenvalue weighted by Crippen LogP contribution is 2.14. The molecule has 0 aliphatic rings. The molecule has 0 aromatic carbocycles. The molecular formula is C46H92N8O5. The second-order valence-electron chi connectivity index (χ2n) is 16.8. The fraction of sp³-hybridized carbons (Fsp3) is 0.891. The quantitative estimate of drug-likeness (QED) is 0.0303. The van der Waals surface area contributed by atoms with E-state index in [0.29, 0.717) is 64.7 Å². The largest absolute Gasteiger partial charge is 0.368 e. The van der Waals surface area contributed by atoms with Gasteiger partial charge in [-0.3, -0.25) is 24.0 Å². The van der Waals surface area contributed by atoms with E-state index in [4.69, 9.17) is 22.9 Å². The molecule has 0 spiro atoms. The molecule has 0 radical (unpaired) electrons. The molecule has 12 N–H and O–H groups in total. The Balaban J connectivity index is 4.45. The fourth-order valence-corrected chi connectivity index (χ4v) is 7.39. The summed E-state index contributed by atoms with van der Waals surface area (Å²) in [6.07, 6.45) is 32.1. The number of carbonyl (C=O) groups is 5. The molecule has 0 aromatic rings. The number of nitrogens with one attached hydrogen (secondary N) is 4. The Labute approximate surface area is 360 Å². The van der Waals surface area contributed by atoms with Crippen molar-refractivity contribution in [2.75, 3.05) is 26.2 Å². The van der Waals surface area contributed by atoms with E-state index in [9.17, 15) is 24.0 Å². The van der Waals surface area contributed by atoms with E-state index in [2.05, 4.69) is 28.2 Å². The number of unbranched alkanes of at least 4 members (excludes halogenated alkanes) is 23. The van der Waals surface area contributed by atoms with Crippen LogP contribution in [0.2, 0.25) is 0 Å². The minimum atomic E-state index is -0.696. The van der Waals surface area contributed by atoms with Crippen molar-refractivity contribution < 1.29 is 24.0 Å². The van der Waals surface area contributed by atoms with Gasteiger partial charge in [-0.25, -0.2) is 0 Å². The first kappa shape index (κ1) is 56.2. The average molecular weight is 837 g/mol. The van der Waals surface area contributed by atoms with Crippen LogP contribution in [0.5, 0.6) is 0 Å². The van der Waals surface area contributed by atoms with Crippen LogP contribution in [0.25, 0.3) is 0 Å². The molecule has 0 saturated carbocycles. The van der Waals surface area contributed by atoms with Gasteiger partial charge in [0.05, 0.1) is 0 Å². The number of hydrogen-bond donors (Lipinski definition) is 8. The number of nitrogens with two attached hydrogens (primary N) is 4. The van der Waals surface area contributed by atoms with E-state index >= 15 is 0 Å². The lowest BCUT2D eigenvalue weighted by Gasteiger charge is -2.23. The zero-order valence-electron chi connectivity index (χ0n) is 37.7. The maximum absolute atomic E-state index is 13.5. The highest BCUT2D eigenvalue weighted by molar-refractivity contribution is 5.92. The lowest BCUT2D eigenvalue weighted by Crippen LogP contribution is -2.53. The van der Waals surface area contributed by atoms with Gasteiger partial charge in [-0.15, -0.1) is 0 Å². The minimum absolute atomic E-state index is 0.115. The van der Waals surface area contributed by atoms with Crippen LogP contribution in [0, 0.1) is 0 Å². The van der Waals surface area contributed by atoms with Gasteiger partial charge in [0.1, 0.15) is 18.1 Å². The molecule has 0 rings (SSSR count). The van der Waals surface area contributed by atoms with Gasteiger partial charge in [0.2, 0.25) is 29.5 Å². The second kappa shape index (κ2) is 41.9. The number of amides is 5. The van der Waals surface area contributed by atoms with Gasteiger partial charge < -0.3 is 44.2 Å². The monoisotopic (exact) mass is 837 g/mol. The summed E-state index contributed by atoms with van der Waals surface area (Å²) < 4.78 is 0. The third kappa shape index (κ3) is 35.7. The van der Waals surface area contributed by atoms with Crippen molar-refractivity contribution in [3.63, 3.8) is 0 Å². The Hall–Kier alpha value is -2.77. The Bertz CT molecular complexity index is 1050. The normalized spacial score (nSPS) is 12.7. The molecule has 0 bridgehead atoms. The SMILES string of the molecule is CCCCCCCCCCCCCCCC(=O)NC(CCCCN)C(=O)NC(CCCCN)C(=O)NCCCCCCCCCCCC(=O)NC(CCCCN)C(N)=O. The van der Waals surface area contributed by atoms with Crippen LogP contribution >= 0.6 is 0 Å². The first-order valence-corrected chi connectivity index (χ1v) is 24.3. The molecule has 0 heterocycles. The predicted octanol–water partition coefficient (Wildman–Crippen LogP) is 6.81. The highest BCUT2D eigenvalue weighted by atomic mass is 16.2. The number of carbonyl (C=O) groups excluding carboxylic acids is 5. The smallest absolute Gasteiger partial charge is 0.243 e. The van der Waals surface area contributed by atoms with Crippen molar-refractivity contribution in [1.29, 1.82) is 0 Å². The van der Waals surface area contributed by atoms with Gasteiger partial charge in [0.15, 0.2) is 0 Å². The molecule has 0 aliphatic heterocycles. The third-order valence-electron chi connectivity index (χ3n) is 11.2. The van der Waals surface area contributed by atoms with Crippen LogP contribution in [0.1, 0.15) is 219 Å². The first-order chi connectivity index (χ1) is 28.7. The summed E-state index contributed by atoms with van der Waals surface area (Å²) in [4.78, 5) is 63.5. The van der Waals surface area contributed by atoms with Crippen molar-refractivity contribution in [1.82, 2.24) is 21.3 Å². The van der Waals surface area contributed by atoms with Crippen molar-refractivity contribution in [2.45, 2.75) is 237 Å². The first-order valence-electron chi connectivity index (χ1n) is 24.3. The van der Waals surface area contributed by atoms with Gasteiger partial charge >= 0.3 is 0 Å². The van der Waals surface area contributed by atoms with E-state index < -0.39 is 24.0 Å². The molecule has 0 fully saturated rings. The zero-order valence-corrected chi connectivity index (χ0v) is 37.7. The van der Waals surface area contributed by atoms with Gasteiger partial charge in [0, 0.05) is 19.4 Å². The zero-order chi connectivity index (χ0) is 43.6. The van der Waals surface area contributed by atoms with E-state index in [1.807, 2.05) is 0 Å². The van der Waals surface area contributed by atoms with Crippen LogP contribution in [-0.2, 0) is 24.0 Å². The molecule has 59 heavy (non-hydrogen) atoms. The molecular weight excluding hydrogens is 745 g/mol. The van der Waals surface area contributed by atoms with Gasteiger partial charge in [-0.1, -0.05) is 129 Å². The molecule has 0 saturated heterocycles. The average Bonchev–Trinajstić information content (AvgIpc) is 3.21. The van der Waals surface area contributed by atoms with Crippen molar-refractivity contribution in [2.24, 2.45) is 22.9 Å². The molecule has 0 aromatic heterocycles. The van der Waals surface area contributed by atoms with E-state index in [0.717, 1.165) is 109 Å². The molecule has 5 amide bonds. The predicted molar refractivity (Wildman–Crippen MR) is 243 cm³/mol. The van der Waals surface area contributed by atoms with Crippen molar-refractivity contribution >= 4 is 29.5 Å². The number of hydrogen-bond acceptors (Lipinski definition) is 8. The summed E-state index contributed by atoms with van der Waals surface area (Å²) in [6, 6.07) is -2.00. The van der Waals surface area contributed by atoms with Crippen LogP contribution in [-0.4, -0.2) is 73.8 Å². The standard InChI is InChI=1S/C46H92N8O5/c1-2-3-4-5-6-7-8-9-10-12-15-19-22-34-43(56)53-41(32-25-28-37-49)46(59)54-40(31-24-27-36-48)45(58)51-38-29-20-17-14-11-13-16-18-21-33-42(55)52-39(44(50)57)30-23-26-35-47/h39-41H,2-38,47-49H2,1H3,(H2,50,57)(H,51,58)(H,52,55)(H,53,56)(H,54,59). The Morgan fingerprint density at radius 3 is 1.12 bits per heavy atom. The summed E-state index contributed by atoms with van der Waals surface area (Å²) >= 11 is 0. The molecule has 13 nitrogen and oxygen atoms in total. The topological polar surface area (TPSA) is 238 Å². The fourth-order valence-electron chi connectivity index (χ4n) is 7.39. The van der Waals surface area contributed by atoms with Crippen LogP contribution in [0.15, 0.2) is 0 Å². The van der Waals surface area contributed by atoms with Crippen LogP contribution < -0.4 is 44.2 Å². The Morgan fingerprint density at radius 2 is 0.729 bits per heavy atom. The summed E-state index contributed by atoms with van der Waals surface area (Å²) in [7, 11) is 0. The Kier molecular flexibility index (Phi) is 40.0. The van der Waals surface area contributed by atoms with Crippen LogP contribution in [0.3, 0.4) is 0 Å². The van der Waals surface area contributed by atoms with E-state index in [-0.39, 0.29) is 23.6 Å². The maximum Gasteiger partial charge on any atom is 0.243 e. The summed E-state index contributed by atoms with van der Waals surface area (Å²) in [5.74, 6) is -1.25. The molecule has 3 unspecified atom stereocenters. The lowest BCUT2D eigenvalue weighted by atomic mass is 10.0. The summed E-state index contributed by atoms with van der Waals surface area (Å²) in [5.41, 5.74) is 22.4. The summed E-state index contributed by atoms with van der Waals surface area (Å²) in [6.45, 7) is 4.39. The van der Waals surface area contributed by atoms with Gasteiger partial charge in [0.25, 0.3) is 0 Å². The third-order valence-corrected chi connectivity index (χ3v) is 11.2.